The molecule has 1 aliphatic heterocycles. The van der Waals surface area contributed by atoms with Crippen molar-refractivity contribution in [3.05, 3.63) is 34.9 Å². The largest absolute Gasteiger partial charge is 0.447 e. The zero-order valence-corrected chi connectivity index (χ0v) is 14.1. The summed E-state index contributed by atoms with van der Waals surface area (Å²) in [4.78, 5) is 22.0. The van der Waals surface area contributed by atoms with Crippen molar-refractivity contribution in [2.75, 3.05) is 6.61 Å². The fourth-order valence-corrected chi connectivity index (χ4v) is 4.80. The van der Waals surface area contributed by atoms with E-state index in [4.69, 9.17) is 4.74 Å². The third-order valence-corrected chi connectivity index (χ3v) is 6.18. The van der Waals surface area contributed by atoms with E-state index in [1.165, 1.54) is 23.1 Å². The highest BCUT2D eigenvalue weighted by atomic mass is 16.6. The summed E-state index contributed by atoms with van der Waals surface area (Å²) in [5.74, 6) is 1.18. The Morgan fingerprint density at radius 3 is 3.00 bits per heavy atom. The van der Waals surface area contributed by atoms with Gasteiger partial charge in [-0.15, -0.1) is 0 Å². The Hall–Kier alpha value is -1.84. The summed E-state index contributed by atoms with van der Waals surface area (Å²) in [6, 6.07) is 6.97. The minimum atomic E-state index is -0.262. The van der Waals surface area contributed by atoms with Crippen LogP contribution in [0.4, 0.5) is 4.79 Å². The first-order valence-corrected chi connectivity index (χ1v) is 9.18. The fraction of sp³-hybridized carbons (Fsp3) is 0.600. The van der Waals surface area contributed by atoms with Gasteiger partial charge in [-0.3, -0.25) is 0 Å². The highest BCUT2D eigenvalue weighted by Crippen LogP contribution is 2.43. The van der Waals surface area contributed by atoms with Gasteiger partial charge in [-0.1, -0.05) is 18.2 Å². The van der Waals surface area contributed by atoms with E-state index in [2.05, 4.69) is 23.5 Å². The number of cyclic esters (lactones) is 1. The number of rotatable bonds is 4. The van der Waals surface area contributed by atoms with E-state index in [0.29, 0.717) is 24.9 Å². The van der Waals surface area contributed by atoms with Crippen LogP contribution in [0, 0.1) is 5.92 Å². The van der Waals surface area contributed by atoms with Gasteiger partial charge < -0.3 is 14.8 Å². The number of alkyl carbamates (subject to hydrolysis) is 1. The second kappa shape index (κ2) is 6.23. The summed E-state index contributed by atoms with van der Waals surface area (Å²) in [6.45, 7) is 0.520. The highest BCUT2D eigenvalue weighted by Gasteiger charge is 2.46. The lowest BCUT2D eigenvalue weighted by atomic mass is 9.80. The molecule has 2 aliphatic carbocycles. The predicted molar refractivity (Wildman–Crippen MR) is 91.1 cm³/mol. The van der Waals surface area contributed by atoms with Crippen LogP contribution in [0.5, 0.6) is 0 Å². The van der Waals surface area contributed by atoms with Crippen molar-refractivity contribution < 1.29 is 14.3 Å². The third kappa shape index (κ3) is 2.94. The number of benzene rings is 1. The molecule has 3 aliphatic rings. The van der Waals surface area contributed by atoms with Crippen molar-refractivity contribution in [2.45, 2.75) is 62.8 Å². The van der Waals surface area contributed by atoms with Gasteiger partial charge in [0.15, 0.2) is 0 Å². The van der Waals surface area contributed by atoms with E-state index in [0.717, 1.165) is 44.8 Å². The van der Waals surface area contributed by atoms with Crippen molar-refractivity contribution >= 4 is 12.4 Å². The lowest BCUT2D eigenvalue weighted by Crippen LogP contribution is -2.40. The van der Waals surface area contributed by atoms with Crippen LogP contribution in [-0.2, 0) is 22.4 Å². The fourth-order valence-electron chi connectivity index (χ4n) is 4.80. The average Bonchev–Trinajstić information content (AvgIpc) is 3.18. The first-order valence-electron chi connectivity index (χ1n) is 9.18. The van der Waals surface area contributed by atoms with Gasteiger partial charge in [0.2, 0.25) is 0 Å². The number of fused-ring (bicyclic) bond motifs is 1. The number of amides is 1. The van der Waals surface area contributed by atoms with Gasteiger partial charge in [-0.2, -0.15) is 0 Å². The summed E-state index contributed by atoms with van der Waals surface area (Å²) in [5.41, 5.74) is 4.24. The van der Waals surface area contributed by atoms with Crippen molar-refractivity contribution in [3.8, 4) is 0 Å². The molecule has 0 radical (unpaired) electrons. The Labute approximate surface area is 143 Å². The van der Waals surface area contributed by atoms with Crippen LogP contribution in [0.1, 0.15) is 61.1 Å². The van der Waals surface area contributed by atoms with Crippen LogP contribution >= 0.6 is 0 Å². The molecule has 1 heterocycles. The second-order valence-electron chi connectivity index (χ2n) is 7.80. The van der Waals surface area contributed by atoms with Gasteiger partial charge >= 0.3 is 6.09 Å². The van der Waals surface area contributed by atoms with E-state index in [1.54, 1.807) is 0 Å². The number of carbonyl (C=O) groups excluding carboxylic acids is 2. The summed E-state index contributed by atoms with van der Waals surface area (Å²) in [7, 11) is 0. The number of hydrogen-bond acceptors (Lipinski definition) is 3. The maximum absolute atomic E-state index is 11.4. The van der Waals surface area contributed by atoms with E-state index < -0.39 is 0 Å². The van der Waals surface area contributed by atoms with Crippen LogP contribution in [0.2, 0.25) is 0 Å². The minimum absolute atomic E-state index is 0.127. The second-order valence-corrected chi connectivity index (χ2v) is 7.80. The molecular weight excluding hydrogens is 302 g/mol. The van der Waals surface area contributed by atoms with Gasteiger partial charge in [-0.05, 0) is 73.5 Å². The topological polar surface area (TPSA) is 55.4 Å². The lowest BCUT2D eigenvalue weighted by molar-refractivity contribution is -0.108. The van der Waals surface area contributed by atoms with Gasteiger partial charge in [0.05, 0.1) is 5.54 Å². The SMILES string of the molecule is O=CCC[C@H]1CCc2cc([C@H]3CC[C@]4(COC(=O)N4)C3)ccc2C1. The molecule has 1 aromatic rings. The molecule has 3 atom stereocenters. The third-order valence-electron chi connectivity index (χ3n) is 6.18. The Balaban J connectivity index is 1.45. The van der Waals surface area contributed by atoms with E-state index in [9.17, 15) is 9.59 Å². The molecule has 1 saturated carbocycles. The zero-order valence-electron chi connectivity index (χ0n) is 14.1. The molecule has 4 heteroatoms. The monoisotopic (exact) mass is 327 g/mol. The van der Waals surface area contributed by atoms with Crippen LogP contribution in [-0.4, -0.2) is 24.5 Å². The molecule has 0 unspecified atom stereocenters. The average molecular weight is 327 g/mol. The minimum Gasteiger partial charge on any atom is -0.447 e. The zero-order chi connectivity index (χ0) is 16.6. The molecule has 0 aromatic heterocycles. The van der Waals surface area contributed by atoms with Crippen LogP contribution in [0.3, 0.4) is 0 Å². The van der Waals surface area contributed by atoms with Crippen molar-refractivity contribution in [2.24, 2.45) is 5.92 Å². The summed E-state index contributed by atoms with van der Waals surface area (Å²) in [5, 5.41) is 3.03. The van der Waals surface area contributed by atoms with Gasteiger partial charge in [0.1, 0.15) is 12.9 Å². The summed E-state index contributed by atoms with van der Waals surface area (Å²) in [6.07, 6.45) is 9.04. The van der Waals surface area contributed by atoms with Crippen molar-refractivity contribution in [3.63, 3.8) is 0 Å². The molecule has 2 fully saturated rings. The highest BCUT2D eigenvalue weighted by molar-refractivity contribution is 5.70. The Morgan fingerprint density at radius 1 is 1.29 bits per heavy atom. The molecular formula is C20H25NO3. The maximum Gasteiger partial charge on any atom is 0.407 e. The van der Waals surface area contributed by atoms with Crippen LogP contribution in [0.15, 0.2) is 18.2 Å². The van der Waals surface area contributed by atoms with E-state index >= 15 is 0 Å². The van der Waals surface area contributed by atoms with E-state index in [-0.39, 0.29) is 11.6 Å². The summed E-state index contributed by atoms with van der Waals surface area (Å²) >= 11 is 0. The molecule has 1 saturated heterocycles. The quantitative estimate of drug-likeness (QED) is 0.861. The molecule has 1 N–H and O–H groups in total. The smallest absolute Gasteiger partial charge is 0.407 e. The first-order chi connectivity index (χ1) is 11.7. The van der Waals surface area contributed by atoms with Gasteiger partial charge in [0.25, 0.3) is 0 Å². The van der Waals surface area contributed by atoms with Crippen molar-refractivity contribution in [1.29, 1.82) is 0 Å². The molecule has 24 heavy (non-hydrogen) atoms. The maximum atomic E-state index is 11.4. The molecule has 0 bridgehead atoms. The predicted octanol–water partition coefficient (Wildman–Crippen LogP) is 3.52. The van der Waals surface area contributed by atoms with Gasteiger partial charge in [-0.25, -0.2) is 4.79 Å². The number of nitrogens with one attached hydrogen (secondary N) is 1. The standard InChI is InChI=1S/C20H25NO3/c22-9-1-2-14-3-4-16-11-17(6-5-15(16)10-14)18-7-8-20(12-18)13-24-19(23)21-20/h5-6,9,11,14,18H,1-4,7-8,10,12-13H2,(H,21,23)/t14-,18-,20+/m0/s1. The Kier molecular flexibility index (Phi) is 4.07. The normalized spacial score (nSPS) is 31.6. The number of ether oxygens (including phenoxy) is 1. The Morgan fingerprint density at radius 2 is 2.21 bits per heavy atom. The number of aldehydes is 1. The number of hydrogen-bond donors (Lipinski definition) is 1. The van der Waals surface area contributed by atoms with Crippen molar-refractivity contribution in [1.82, 2.24) is 5.32 Å². The van der Waals surface area contributed by atoms with E-state index in [1.807, 2.05) is 0 Å². The van der Waals surface area contributed by atoms with Gasteiger partial charge in [0, 0.05) is 6.42 Å². The molecule has 1 amide bonds. The number of aryl methyl sites for hydroxylation is 1. The molecule has 1 aromatic carbocycles. The molecule has 4 rings (SSSR count). The molecule has 1 spiro atoms. The summed E-state index contributed by atoms with van der Waals surface area (Å²) < 4.78 is 5.13. The lowest BCUT2D eigenvalue weighted by Gasteiger charge is -2.26. The first kappa shape index (κ1) is 15.7. The molecule has 4 nitrogen and oxygen atoms in total. The molecule has 128 valence electrons. The van der Waals surface area contributed by atoms with Crippen LogP contribution < -0.4 is 5.32 Å². The Bertz CT molecular complexity index is 656. The van der Waals surface area contributed by atoms with Crippen LogP contribution in [0.25, 0.3) is 0 Å². The number of carbonyl (C=O) groups is 2.